The Morgan fingerprint density at radius 2 is 0.688 bits per heavy atom. The first kappa shape index (κ1) is 20.0. The molecule has 5 aromatic rings. The summed E-state index contributed by atoms with van der Waals surface area (Å²) < 4.78 is 4.38. The van der Waals surface area contributed by atoms with Gasteiger partial charge < -0.3 is 0 Å². The SMILES string of the molecule is Brc1c(Br)c(Br)c2c(c1Br)C1c3cc4ccccc4cc3C2c2cc3ccccc3cc21. The average Bonchev–Trinajstić information content (AvgIpc) is 2.83. The molecule has 0 atom stereocenters. The minimum atomic E-state index is 0.185. The fourth-order valence-corrected chi connectivity index (χ4v) is 8.38. The normalized spacial score (nSPS) is 18.0. The number of fused-ring (bicyclic) bond motifs is 2. The Hall–Kier alpha value is -1.46. The summed E-state index contributed by atoms with van der Waals surface area (Å²) in [4.78, 5) is 0. The van der Waals surface area contributed by atoms with Crippen LogP contribution < -0.4 is 0 Å². The predicted molar refractivity (Wildman–Crippen MR) is 147 cm³/mol. The van der Waals surface area contributed by atoms with E-state index >= 15 is 0 Å². The van der Waals surface area contributed by atoms with Crippen molar-refractivity contribution in [3.63, 3.8) is 0 Å². The molecule has 0 heterocycles. The van der Waals surface area contributed by atoms with Gasteiger partial charge in [0.15, 0.2) is 0 Å². The lowest BCUT2D eigenvalue weighted by molar-refractivity contribution is 0.749. The highest BCUT2D eigenvalue weighted by Gasteiger charge is 2.45. The minimum absolute atomic E-state index is 0.185. The molecule has 3 aliphatic carbocycles. The van der Waals surface area contributed by atoms with Crippen molar-refractivity contribution in [2.24, 2.45) is 0 Å². The fraction of sp³-hybridized carbons (Fsp3) is 0.0714. The second kappa shape index (κ2) is 7.02. The monoisotopic (exact) mass is 666 g/mol. The minimum Gasteiger partial charge on any atom is -0.0616 e. The number of hydrogen-bond acceptors (Lipinski definition) is 0. The molecule has 0 fully saturated rings. The summed E-state index contributed by atoms with van der Waals surface area (Å²) in [6.45, 7) is 0. The van der Waals surface area contributed by atoms with Crippen LogP contribution in [0.1, 0.15) is 45.2 Å². The zero-order valence-corrected chi connectivity index (χ0v) is 22.9. The molecule has 2 bridgehead atoms. The van der Waals surface area contributed by atoms with Crippen molar-refractivity contribution in [3.05, 3.63) is 124 Å². The number of rotatable bonds is 0. The van der Waals surface area contributed by atoms with E-state index < -0.39 is 0 Å². The van der Waals surface area contributed by atoms with Gasteiger partial charge in [0, 0.05) is 29.7 Å². The van der Waals surface area contributed by atoms with Gasteiger partial charge in [-0.15, -0.1) is 0 Å². The van der Waals surface area contributed by atoms with Crippen LogP contribution in [-0.2, 0) is 0 Å². The van der Waals surface area contributed by atoms with Gasteiger partial charge in [-0.1, -0.05) is 48.5 Å². The average molecular weight is 670 g/mol. The van der Waals surface area contributed by atoms with E-state index in [4.69, 9.17) is 0 Å². The Labute approximate surface area is 219 Å². The van der Waals surface area contributed by atoms with Crippen LogP contribution in [0.4, 0.5) is 0 Å². The second-order valence-corrected chi connectivity index (χ2v) is 11.8. The molecule has 0 spiro atoms. The van der Waals surface area contributed by atoms with Gasteiger partial charge in [0.1, 0.15) is 0 Å². The zero-order valence-electron chi connectivity index (χ0n) is 16.6. The first-order chi connectivity index (χ1) is 15.5. The molecule has 0 radical (unpaired) electrons. The van der Waals surface area contributed by atoms with Crippen molar-refractivity contribution < 1.29 is 0 Å². The van der Waals surface area contributed by atoms with Crippen molar-refractivity contribution >= 4 is 85.3 Å². The number of hydrogen-bond donors (Lipinski definition) is 0. The van der Waals surface area contributed by atoms with Crippen LogP contribution in [0.15, 0.2) is 90.7 Å². The van der Waals surface area contributed by atoms with Crippen LogP contribution in [0.25, 0.3) is 21.5 Å². The van der Waals surface area contributed by atoms with E-state index in [1.165, 1.54) is 54.9 Å². The Kier molecular flexibility index (Phi) is 4.38. The Morgan fingerprint density at radius 3 is 0.969 bits per heavy atom. The highest BCUT2D eigenvalue weighted by atomic mass is 79.9. The molecule has 4 heteroatoms. The largest absolute Gasteiger partial charge is 0.0616 e. The lowest BCUT2D eigenvalue weighted by atomic mass is 9.60. The van der Waals surface area contributed by atoms with Gasteiger partial charge in [-0.05, 0) is 143 Å². The lowest BCUT2D eigenvalue weighted by Gasteiger charge is -2.44. The molecule has 154 valence electrons. The topological polar surface area (TPSA) is 0 Å². The molecule has 0 N–H and O–H groups in total. The van der Waals surface area contributed by atoms with Crippen LogP contribution in [-0.4, -0.2) is 0 Å². The molecule has 8 rings (SSSR count). The molecular weight excluding hydrogens is 656 g/mol. The van der Waals surface area contributed by atoms with Gasteiger partial charge in [0.25, 0.3) is 0 Å². The van der Waals surface area contributed by atoms with E-state index in [-0.39, 0.29) is 11.8 Å². The first-order valence-electron chi connectivity index (χ1n) is 10.5. The lowest BCUT2D eigenvalue weighted by Crippen LogP contribution is -2.28. The molecule has 5 aromatic carbocycles. The maximum Gasteiger partial charge on any atom is 0.0474 e. The van der Waals surface area contributed by atoms with E-state index in [0.717, 1.165) is 17.9 Å². The molecule has 0 saturated carbocycles. The summed E-state index contributed by atoms with van der Waals surface area (Å²) in [5.41, 5.74) is 8.42. The molecule has 0 aliphatic heterocycles. The highest BCUT2D eigenvalue weighted by molar-refractivity contribution is 9.15. The van der Waals surface area contributed by atoms with Crippen molar-refractivity contribution in [1.29, 1.82) is 0 Å². The Morgan fingerprint density at radius 1 is 0.406 bits per heavy atom. The van der Waals surface area contributed by atoms with Crippen LogP contribution in [0.5, 0.6) is 0 Å². The summed E-state index contributed by atoms with van der Waals surface area (Å²) in [5.74, 6) is 0.369. The van der Waals surface area contributed by atoms with E-state index in [9.17, 15) is 0 Å². The highest BCUT2D eigenvalue weighted by Crippen LogP contribution is 2.62. The third-order valence-electron chi connectivity index (χ3n) is 7.07. The van der Waals surface area contributed by atoms with Gasteiger partial charge in [-0.2, -0.15) is 0 Å². The molecular formula is C28H14Br4. The molecule has 0 amide bonds. The third-order valence-corrected chi connectivity index (χ3v) is 11.9. The zero-order chi connectivity index (χ0) is 21.7. The summed E-state index contributed by atoms with van der Waals surface area (Å²) >= 11 is 15.5. The standard InChI is InChI=1S/C28H14Br4/c29-25-23-21-17-9-13-5-1-2-6-14(13)10-18(17)22(24(23)26(30)28(32)27(25)31)20-12-16-8-4-3-7-15(16)11-19(20)21/h1-12,21-22H. The summed E-state index contributed by atoms with van der Waals surface area (Å²) in [6.07, 6.45) is 0. The van der Waals surface area contributed by atoms with Crippen LogP contribution >= 0.6 is 63.7 Å². The van der Waals surface area contributed by atoms with E-state index in [1.54, 1.807) is 0 Å². The molecule has 0 saturated heterocycles. The number of benzene rings is 5. The van der Waals surface area contributed by atoms with E-state index in [0.29, 0.717) is 0 Å². The van der Waals surface area contributed by atoms with Crippen molar-refractivity contribution in [2.75, 3.05) is 0 Å². The summed E-state index contributed by atoms with van der Waals surface area (Å²) in [5, 5.41) is 5.20. The van der Waals surface area contributed by atoms with Gasteiger partial charge in [-0.25, -0.2) is 0 Å². The summed E-state index contributed by atoms with van der Waals surface area (Å²) in [6, 6.07) is 27.1. The van der Waals surface area contributed by atoms with Crippen LogP contribution in [0.3, 0.4) is 0 Å². The predicted octanol–water partition coefficient (Wildman–Crippen LogP) is 10.0. The molecule has 0 aromatic heterocycles. The summed E-state index contributed by atoms with van der Waals surface area (Å²) in [7, 11) is 0. The second-order valence-electron chi connectivity index (χ2n) is 8.61. The van der Waals surface area contributed by atoms with Crippen LogP contribution in [0, 0.1) is 0 Å². The third kappa shape index (κ3) is 2.53. The quantitative estimate of drug-likeness (QED) is 0.111. The number of halogens is 4. The molecule has 0 nitrogen and oxygen atoms in total. The maximum atomic E-state index is 3.96. The maximum absolute atomic E-state index is 3.96. The van der Waals surface area contributed by atoms with E-state index in [1.807, 2.05) is 0 Å². The van der Waals surface area contributed by atoms with Gasteiger partial charge in [0.05, 0.1) is 0 Å². The van der Waals surface area contributed by atoms with E-state index in [2.05, 4.69) is 137 Å². The molecule has 3 aliphatic rings. The Bertz CT molecular complexity index is 1430. The fourth-order valence-electron chi connectivity index (χ4n) is 5.74. The molecule has 0 unspecified atom stereocenters. The molecule has 32 heavy (non-hydrogen) atoms. The van der Waals surface area contributed by atoms with Crippen LogP contribution in [0.2, 0.25) is 0 Å². The van der Waals surface area contributed by atoms with Gasteiger partial charge in [-0.3, -0.25) is 0 Å². The van der Waals surface area contributed by atoms with Crippen molar-refractivity contribution in [3.8, 4) is 0 Å². The van der Waals surface area contributed by atoms with Crippen molar-refractivity contribution in [1.82, 2.24) is 0 Å². The Balaban J connectivity index is 1.67. The smallest absolute Gasteiger partial charge is 0.0474 e. The first-order valence-corrected chi connectivity index (χ1v) is 13.6. The van der Waals surface area contributed by atoms with Gasteiger partial charge >= 0.3 is 0 Å². The van der Waals surface area contributed by atoms with Crippen molar-refractivity contribution in [2.45, 2.75) is 11.8 Å². The van der Waals surface area contributed by atoms with Gasteiger partial charge in [0.2, 0.25) is 0 Å².